The highest BCUT2D eigenvalue weighted by Gasteiger charge is 2.23. The highest BCUT2D eigenvalue weighted by molar-refractivity contribution is 14.2. The van der Waals surface area contributed by atoms with Gasteiger partial charge in [0.2, 0.25) is 0 Å². The van der Waals surface area contributed by atoms with Gasteiger partial charge in [0.15, 0.2) is 0 Å². The average Bonchev–Trinajstić information content (AvgIpc) is 2.82. The van der Waals surface area contributed by atoms with Crippen LogP contribution in [-0.4, -0.2) is 33.7 Å². The molecule has 0 radical (unpaired) electrons. The van der Waals surface area contributed by atoms with Crippen LogP contribution in [0.3, 0.4) is 0 Å². The van der Waals surface area contributed by atoms with E-state index in [1.54, 1.807) is 14.0 Å². The first-order chi connectivity index (χ1) is 9.26. The van der Waals surface area contributed by atoms with Crippen LogP contribution in [0.4, 0.5) is 4.79 Å². The smallest absolute Gasteiger partial charge is 0.410 e. The van der Waals surface area contributed by atoms with Gasteiger partial charge in [-0.25, -0.2) is 4.79 Å². The maximum atomic E-state index is 12.1. The number of aromatic nitrogens is 1. The molecule has 0 saturated heterocycles. The van der Waals surface area contributed by atoms with Crippen LogP contribution >= 0.6 is 30.3 Å². The molecule has 114 valence electrons. The molecular formula is C14H23IN2O2S. The molecule has 20 heavy (non-hydrogen) atoms. The van der Waals surface area contributed by atoms with E-state index < -0.39 is 5.60 Å². The Bertz CT molecular complexity index is 443. The van der Waals surface area contributed by atoms with Crippen molar-refractivity contribution in [3.63, 3.8) is 0 Å². The van der Waals surface area contributed by atoms with E-state index >= 15 is 0 Å². The number of hydrogen-bond donors (Lipinski definition) is 0. The van der Waals surface area contributed by atoms with Crippen LogP contribution in [0.5, 0.6) is 0 Å². The summed E-state index contributed by atoms with van der Waals surface area (Å²) in [6.45, 7) is 11.1. The number of amides is 1. The minimum absolute atomic E-state index is 0.241. The van der Waals surface area contributed by atoms with Gasteiger partial charge in [-0.05, 0) is 39.3 Å². The Morgan fingerprint density at radius 2 is 2.20 bits per heavy atom. The van der Waals surface area contributed by atoms with Crippen LogP contribution in [0.1, 0.15) is 46.1 Å². The topological polar surface area (TPSA) is 34.5 Å². The van der Waals surface area contributed by atoms with Crippen LogP contribution in [0, 0.1) is 0 Å². The van der Waals surface area contributed by atoms with Crippen molar-refractivity contribution >= 4 is 36.4 Å². The quantitative estimate of drug-likeness (QED) is 0.661. The normalized spacial score (nSPS) is 13.1. The molecule has 1 unspecified atom stereocenters. The highest BCUT2D eigenvalue weighted by atomic mass is 127. The summed E-state index contributed by atoms with van der Waals surface area (Å²) in [6, 6.07) is 2.10. The summed E-state index contributed by atoms with van der Waals surface area (Å²) in [6.07, 6.45) is 3.90. The second-order valence-corrected chi connectivity index (χ2v) is 7.54. The number of halogens is 1. The molecule has 1 atom stereocenters. The SMILES string of the molecule is CCN(CC(C)c1ccn(SI)c1)C(=O)OC(C)(C)C. The lowest BCUT2D eigenvalue weighted by Gasteiger charge is -2.28. The van der Waals surface area contributed by atoms with Crippen LogP contribution < -0.4 is 0 Å². The van der Waals surface area contributed by atoms with Gasteiger partial charge in [-0.15, -0.1) is 0 Å². The highest BCUT2D eigenvalue weighted by Crippen LogP contribution is 2.23. The Kier molecular flexibility index (Phi) is 6.71. The molecule has 1 rings (SSSR count). The molecule has 0 aliphatic carbocycles. The average molecular weight is 410 g/mol. The summed E-state index contributed by atoms with van der Waals surface area (Å²) in [4.78, 5) is 13.9. The summed E-state index contributed by atoms with van der Waals surface area (Å²) >= 11 is 2.24. The third-order valence-corrected chi connectivity index (χ3v) is 4.62. The Hall–Kier alpha value is -0.370. The first-order valence-corrected chi connectivity index (χ1v) is 10.0. The van der Waals surface area contributed by atoms with E-state index in [9.17, 15) is 4.79 Å². The molecule has 0 saturated carbocycles. The number of hydrogen-bond acceptors (Lipinski definition) is 3. The summed E-state index contributed by atoms with van der Waals surface area (Å²) in [5, 5.41) is 0. The van der Waals surface area contributed by atoms with Gasteiger partial charge >= 0.3 is 6.09 Å². The summed E-state index contributed by atoms with van der Waals surface area (Å²) in [7, 11) is 1.63. The van der Waals surface area contributed by atoms with Crippen molar-refractivity contribution in [3.05, 3.63) is 24.0 Å². The Balaban J connectivity index is 2.65. The van der Waals surface area contributed by atoms with E-state index in [2.05, 4.69) is 44.4 Å². The predicted octanol–water partition coefficient (Wildman–Crippen LogP) is 4.69. The molecule has 1 aromatic rings. The van der Waals surface area contributed by atoms with Gasteiger partial charge in [0.1, 0.15) is 5.60 Å². The third kappa shape index (κ3) is 5.55. The fraction of sp³-hybridized carbons (Fsp3) is 0.643. The van der Waals surface area contributed by atoms with E-state index in [-0.39, 0.29) is 12.0 Å². The molecule has 0 fully saturated rings. The first-order valence-electron chi connectivity index (χ1n) is 6.71. The van der Waals surface area contributed by atoms with Gasteiger partial charge in [-0.3, -0.25) is 3.97 Å². The van der Waals surface area contributed by atoms with Gasteiger partial charge in [0.25, 0.3) is 0 Å². The molecular weight excluding hydrogens is 387 g/mol. The summed E-state index contributed by atoms with van der Waals surface area (Å²) < 4.78 is 7.48. The van der Waals surface area contributed by atoms with E-state index in [1.165, 1.54) is 5.56 Å². The molecule has 0 aromatic carbocycles. The van der Waals surface area contributed by atoms with Crippen LogP contribution in [0.25, 0.3) is 0 Å². The van der Waals surface area contributed by atoms with Gasteiger partial charge in [0.05, 0.1) is 0 Å². The van der Waals surface area contributed by atoms with Gasteiger partial charge in [-0.1, -0.05) is 6.92 Å². The maximum absolute atomic E-state index is 12.1. The van der Waals surface area contributed by atoms with Gasteiger partial charge in [-0.2, -0.15) is 0 Å². The Morgan fingerprint density at radius 3 is 2.65 bits per heavy atom. The molecule has 1 amide bonds. The zero-order valence-electron chi connectivity index (χ0n) is 12.7. The van der Waals surface area contributed by atoms with E-state index in [0.717, 1.165) is 0 Å². The van der Waals surface area contributed by atoms with Crippen molar-refractivity contribution in [1.29, 1.82) is 0 Å². The molecule has 0 N–H and O–H groups in total. The fourth-order valence-corrected chi connectivity index (χ4v) is 2.83. The molecule has 1 heterocycles. The van der Waals surface area contributed by atoms with Crippen molar-refractivity contribution in [2.45, 2.75) is 46.1 Å². The largest absolute Gasteiger partial charge is 0.444 e. The molecule has 0 aliphatic heterocycles. The van der Waals surface area contributed by atoms with Crippen LogP contribution in [-0.2, 0) is 4.74 Å². The molecule has 1 aromatic heterocycles. The number of likely N-dealkylation sites (N-methyl/N-ethyl adjacent to an activating group) is 1. The number of nitrogens with zero attached hydrogens (tertiary/aromatic N) is 2. The van der Waals surface area contributed by atoms with Crippen molar-refractivity contribution in [2.24, 2.45) is 0 Å². The second-order valence-electron chi connectivity index (χ2n) is 5.79. The van der Waals surface area contributed by atoms with Gasteiger partial charge < -0.3 is 9.64 Å². The lowest BCUT2D eigenvalue weighted by Crippen LogP contribution is -2.38. The zero-order valence-corrected chi connectivity index (χ0v) is 15.7. The van der Waals surface area contributed by atoms with Crippen molar-refractivity contribution in [3.8, 4) is 0 Å². The fourth-order valence-electron chi connectivity index (χ4n) is 1.82. The van der Waals surface area contributed by atoms with Crippen LogP contribution in [0.15, 0.2) is 18.5 Å². The van der Waals surface area contributed by atoms with Crippen molar-refractivity contribution in [2.75, 3.05) is 13.1 Å². The van der Waals surface area contributed by atoms with Gasteiger partial charge in [0, 0.05) is 61.7 Å². The van der Waals surface area contributed by atoms with E-state index in [1.807, 2.05) is 33.9 Å². The minimum Gasteiger partial charge on any atom is -0.444 e. The zero-order chi connectivity index (χ0) is 15.3. The molecule has 6 heteroatoms. The first kappa shape index (κ1) is 17.7. The lowest BCUT2D eigenvalue weighted by atomic mass is 10.0. The number of ether oxygens (including phenoxy) is 1. The van der Waals surface area contributed by atoms with E-state index in [4.69, 9.17) is 4.74 Å². The van der Waals surface area contributed by atoms with Crippen LogP contribution in [0.2, 0.25) is 0 Å². The number of rotatable bonds is 5. The van der Waals surface area contributed by atoms with Crippen molar-refractivity contribution in [1.82, 2.24) is 8.87 Å². The molecule has 0 spiro atoms. The third-order valence-electron chi connectivity index (χ3n) is 2.87. The molecule has 0 bridgehead atoms. The number of carbonyl (C=O) groups is 1. The Morgan fingerprint density at radius 1 is 1.55 bits per heavy atom. The maximum Gasteiger partial charge on any atom is 0.410 e. The summed E-state index contributed by atoms with van der Waals surface area (Å²) in [5.74, 6) is 0.285. The number of carbonyl (C=O) groups excluding carboxylic acids is 1. The lowest BCUT2D eigenvalue weighted by molar-refractivity contribution is 0.0251. The molecule has 0 aliphatic rings. The molecule has 4 nitrogen and oxygen atoms in total. The minimum atomic E-state index is -0.449. The summed E-state index contributed by atoms with van der Waals surface area (Å²) in [5.41, 5.74) is 0.783. The second kappa shape index (κ2) is 7.59. The Labute approximate surface area is 138 Å². The standard InChI is InChI=1S/C14H23IN2O2S/c1-6-16(13(18)19-14(3,4)5)9-11(2)12-7-8-17(10-12)20-15/h7-8,10-11H,6,9H2,1-5H3. The monoisotopic (exact) mass is 410 g/mol. The van der Waals surface area contributed by atoms with Crippen molar-refractivity contribution < 1.29 is 9.53 Å². The predicted molar refractivity (Wildman–Crippen MR) is 93.3 cm³/mol. The van der Waals surface area contributed by atoms with E-state index in [0.29, 0.717) is 13.1 Å².